The van der Waals surface area contributed by atoms with Crippen molar-refractivity contribution in [2.24, 2.45) is 16.9 Å². The highest BCUT2D eigenvalue weighted by atomic mass is 32.1. The van der Waals surface area contributed by atoms with Crippen molar-refractivity contribution in [3.63, 3.8) is 0 Å². The highest BCUT2D eigenvalue weighted by molar-refractivity contribution is 7.80. The van der Waals surface area contributed by atoms with E-state index in [1.54, 1.807) is 0 Å². The number of nitrogens with two attached hydrogens (primary N) is 2. The van der Waals surface area contributed by atoms with Crippen LogP contribution in [0.5, 0.6) is 0 Å². The van der Waals surface area contributed by atoms with Gasteiger partial charge in [-0.3, -0.25) is 9.69 Å². The molecule has 0 saturated carbocycles. The van der Waals surface area contributed by atoms with E-state index in [4.69, 9.17) is 23.7 Å². The molecule has 0 aromatic heterocycles. The normalized spacial score (nSPS) is 23.3. The third kappa shape index (κ3) is 2.66. The van der Waals surface area contributed by atoms with Crippen molar-refractivity contribution >= 4 is 23.1 Å². The van der Waals surface area contributed by atoms with Crippen LogP contribution in [0.1, 0.15) is 26.7 Å². The van der Waals surface area contributed by atoms with Crippen LogP contribution in [0.2, 0.25) is 0 Å². The second-order valence-corrected chi connectivity index (χ2v) is 4.98. The Morgan fingerprint density at radius 3 is 2.20 bits per heavy atom. The molecule has 1 aliphatic heterocycles. The Morgan fingerprint density at radius 1 is 1.40 bits per heavy atom. The van der Waals surface area contributed by atoms with Gasteiger partial charge in [-0.2, -0.15) is 0 Å². The van der Waals surface area contributed by atoms with Gasteiger partial charge in [-0.15, -0.1) is 0 Å². The Balaban J connectivity index is 2.56. The molecule has 1 unspecified atom stereocenters. The molecule has 0 aromatic carbocycles. The van der Waals surface area contributed by atoms with E-state index in [2.05, 4.69) is 11.8 Å². The topological polar surface area (TPSA) is 72.4 Å². The minimum Gasteiger partial charge on any atom is -0.393 e. The standard InChI is InChI=1S/C10H19N3OS/c1-7(8(11)14)13-5-3-10(2,4-6-13)9(12)15/h7H,3-6H2,1-2H3,(H2,11,14)(H2,12,15). The number of likely N-dealkylation sites (tertiary alicyclic amines) is 1. The summed E-state index contributed by atoms with van der Waals surface area (Å²) in [5, 5.41) is 0. The van der Waals surface area contributed by atoms with Crippen LogP contribution < -0.4 is 11.5 Å². The van der Waals surface area contributed by atoms with Gasteiger partial charge in [0.1, 0.15) is 0 Å². The van der Waals surface area contributed by atoms with Crippen LogP contribution in [0.25, 0.3) is 0 Å². The van der Waals surface area contributed by atoms with Gasteiger partial charge in [0.25, 0.3) is 0 Å². The van der Waals surface area contributed by atoms with Gasteiger partial charge >= 0.3 is 0 Å². The summed E-state index contributed by atoms with van der Waals surface area (Å²) in [6, 6.07) is -0.194. The quantitative estimate of drug-likeness (QED) is 0.680. The number of hydrogen-bond donors (Lipinski definition) is 2. The van der Waals surface area contributed by atoms with Crippen molar-refractivity contribution in [2.75, 3.05) is 13.1 Å². The zero-order valence-electron chi connectivity index (χ0n) is 9.32. The molecule has 1 rings (SSSR count). The Hall–Kier alpha value is -0.680. The molecule has 0 spiro atoms. The molecule has 4 nitrogen and oxygen atoms in total. The second-order valence-electron chi connectivity index (χ2n) is 4.54. The summed E-state index contributed by atoms with van der Waals surface area (Å²) in [6.07, 6.45) is 1.81. The average Bonchev–Trinajstić information content (AvgIpc) is 2.17. The monoisotopic (exact) mass is 229 g/mol. The molecule has 0 bridgehead atoms. The highest BCUT2D eigenvalue weighted by Gasteiger charge is 2.34. The van der Waals surface area contributed by atoms with Crippen molar-refractivity contribution in [2.45, 2.75) is 32.7 Å². The maximum atomic E-state index is 11.0. The summed E-state index contributed by atoms with van der Waals surface area (Å²) in [5.41, 5.74) is 10.9. The maximum Gasteiger partial charge on any atom is 0.234 e. The highest BCUT2D eigenvalue weighted by Crippen LogP contribution is 2.31. The van der Waals surface area contributed by atoms with Crippen LogP contribution >= 0.6 is 12.2 Å². The molecule has 0 aliphatic carbocycles. The Bertz CT molecular complexity index is 272. The molecule has 4 N–H and O–H groups in total. The molecule has 0 radical (unpaired) electrons. The van der Waals surface area contributed by atoms with E-state index in [-0.39, 0.29) is 17.4 Å². The van der Waals surface area contributed by atoms with E-state index in [9.17, 15) is 4.79 Å². The van der Waals surface area contributed by atoms with E-state index in [1.165, 1.54) is 0 Å². The van der Waals surface area contributed by atoms with Crippen molar-refractivity contribution < 1.29 is 4.79 Å². The predicted octanol–water partition coefficient (Wildman–Crippen LogP) is 0.248. The van der Waals surface area contributed by atoms with E-state index < -0.39 is 0 Å². The van der Waals surface area contributed by atoms with E-state index in [0.29, 0.717) is 4.99 Å². The molecule has 1 atom stereocenters. The molecule has 1 saturated heterocycles. The van der Waals surface area contributed by atoms with Gasteiger partial charge in [0, 0.05) is 5.41 Å². The Morgan fingerprint density at radius 2 is 1.87 bits per heavy atom. The predicted molar refractivity (Wildman–Crippen MR) is 64.4 cm³/mol. The number of nitrogens with zero attached hydrogens (tertiary/aromatic N) is 1. The number of carbonyl (C=O) groups excluding carboxylic acids is 1. The molecule has 0 aromatic rings. The fraction of sp³-hybridized carbons (Fsp3) is 0.800. The van der Waals surface area contributed by atoms with E-state index in [1.807, 2.05) is 6.92 Å². The van der Waals surface area contributed by atoms with Crippen molar-refractivity contribution in [3.8, 4) is 0 Å². The number of primary amides is 1. The molecule has 15 heavy (non-hydrogen) atoms. The molecule has 86 valence electrons. The molecular formula is C10H19N3OS. The van der Waals surface area contributed by atoms with Gasteiger partial charge in [-0.1, -0.05) is 19.1 Å². The second kappa shape index (κ2) is 4.45. The van der Waals surface area contributed by atoms with Crippen molar-refractivity contribution in [3.05, 3.63) is 0 Å². The summed E-state index contributed by atoms with van der Waals surface area (Å²) in [6.45, 7) is 5.59. The number of hydrogen-bond acceptors (Lipinski definition) is 3. The lowest BCUT2D eigenvalue weighted by molar-refractivity contribution is -0.123. The van der Waals surface area contributed by atoms with Crippen LogP contribution in [0, 0.1) is 5.41 Å². The van der Waals surface area contributed by atoms with Crippen molar-refractivity contribution in [1.29, 1.82) is 0 Å². The fourth-order valence-electron chi connectivity index (χ4n) is 1.83. The summed E-state index contributed by atoms with van der Waals surface area (Å²) >= 11 is 5.05. The van der Waals surface area contributed by atoms with Gasteiger partial charge < -0.3 is 11.5 Å². The van der Waals surface area contributed by atoms with Crippen LogP contribution in [-0.4, -0.2) is 34.9 Å². The van der Waals surface area contributed by atoms with E-state index >= 15 is 0 Å². The maximum absolute atomic E-state index is 11.0. The zero-order valence-corrected chi connectivity index (χ0v) is 10.1. The minimum atomic E-state index is -0.270. The first-order valence-electron chi connectivity index (χ1n) is 5.20. The first-order chi connectivity index (χ1) is 6.87. The lowest BCUT2D eigenvalue weighted by atomic mass is 9.80. The first kappa shape index (κ1) is 12.4. The lowest BCUT2D eigenvalue weighted by Gasteiger charge is -2.40. The largest absolute Gasteiger partial charge is 0.393 e. The SMILES string of the molecule is CC(C(N)=O)N1CCC(C)(C(N)=S)CC1. The summed E-state index contributed by atoms with van der Waals surface area (Å²) in [4.78, 5) is 13.7. The molecule has 5 heteroatoms. The van der Waals surface area contributed by atoms with Crippen molar-refractivity contribution in [1.82, 2.24) is 4.90 Å². The molecular weight excluding hydrogens is 210 g/mol. The summed E-state index contributed by atoms with van der Waals surface area (Å²) < 4.78 is 0. The molecule has 1 heterocycles. The first-order valence-corrected chi connectivity index (χ1v) is 5.61. The summed E-state index contributed by atoms with van der Waals surface area (Å²) in [7, 11) is 0. The minimum absolute atomic E-state index is 0.0524. The van der Waals surface area contributed by atoms with Gasteiger partial charge in [-0.05, 0) is 32.9 Å². The number of thiocarbonyl (C=S) groups is 1. The van der Waals surface area contributed by atoms with Crippen LogP contribution in [0.15, 0.2) is 0 Å². The fourth-order valence-corrected chi connectivity index (χ4v) is 2.04. The van der Waals surface area contributed by atoms with Gasteiger partial charge in [-0.25, -0.2) is 0 Å². The Kier molecular flexibility index (Phi) is 3.67. The Labute approximate surface area is 96.0 Å². The average molecular weight is 229 g/mol. The van der Waals surface area contributed by atoms with E-state index in [0.717, 1.165) is 25.9 Å². The zero-order chi connectivity index (χ0) is 11.6. The number of rotatable bonds is 3. The smallest absolute Gasteiger partial charge is 0.234 e. The van der Waals surface area contributed by atoms with Crippen LogP contribution in [0.4, 0.5) is 0 Å². The lowest BCUT2D eigenvalue weighted by Crippen LogP contribution is -2.50. The number of amides is 1. The van der Waals surface area contributed by atoms with Crippen LogP contribution in [0.3, 0.4) is 0 Å². The van der Waals surface area contributed by atoms with Gasteiger partial charge in [0.05, 0.1) is 11.0 Å². The number of piperidine rings is 1. The van der Waals surface area contributed by atoms with Gasteiger partial charge in [0.2, 0.25) is 5.91 Å². The molecule has 1 aliphatic rings. The summed E-state index contributed by atoms with van der Waals surface area (Å²) in [5.74, 6) is -0.270. The van der Waals surface area contributed by atoms with Gasteiger partial charge in [0.15, 0.2) is 0 Å². The molecule has 1 amide bonds. The third-order valence-corrected chi connectivity index (χ3v) is 3.95. The third-order valence-electron chi connectivity index (χ3n) is 3.46. The van der Waals surface area contributed by atoms with Crippen LogP contribution in [-0.2, 0) is 4.79 Å². The molecule has 1 fully saturated rings. The number of carbonyl (C=O) groups is 1.